The highest BCUT2D eigenvalue weighted by atomic mass is 16.5. The second-order valence-corrected chi connectivity index (χ2v) is 5.34. The lowest BCUT2D eigenvalue weighted by molar-refractivity contribution is -0.0673. The van der Waals surface area contributed by atoms with Gasteiger partial charge < -0.3 is 10.5 Å². The number of methoxy groups -OCH3 is 1. The molecule has 1 heterocycles. The Kier molecular flexibility index (Phi) is 4.74. The molecule has 5 nitrogen and oxygen atoms in total. The monoisotopic (exact) mass is 264 g/mol. The summed E-state index contributed by atoms with van der Waals surface area (Å²) in [5.74, 6) is 6.32. The Morgan fingerprint density at radius 2 is 2.16 bits per heavy atom. The first-order chi connectivity index (χ1) is 9.20. The van der Waals surface area contributed by atoms with Crippen LogP contribution in [-0.2, 0) is 11.2 Å². The zero-order chi connectivity index (χ0) is 13.7. The van der Waals surface area contributed by atoms with Crippen molar-refractivity contribution in [2.75, 3.05) is 12.8 Å². The molecule has 0 bridgehead atoms. The van der Waals surface area contributed by atoms with Gasteiger partial charge in [0.1, 0.15) is 5.82 Å². The largest absolute Gasteiger partial charge is 0.384 e. The Morgan fingerprint density at radius 1 is 1.42 bits per heavy atom. The minimum atomic E-state index is -0.162. The van der Waals surface area contributed by atoms with Gasteiger partial charge in [0.25, 0.3) is 0 Å². The molecule has 0 aliphatic heterocycles. The van der Waals surface area contributed by atoms with Crippen LogP contribution in [0.1, 0.15) is 37.7 Å². The summed E-state index contributed by atoms with van der Waals surface area (Å²) in [6.45, 7) is 0. The van der Waals surface area contributed by atoms with Crippen LogP contribution in [0.4, 0.5) is 5.82 Å². The number of hydrogen-bond donors (Lipinski definition) is 3. The van der Waals surface area contributed by atoms with Crippen LogP contribution in [0.5, 0.6) is 0 Å². The number of pyridine rings is 1. The van der Waals surface area contributed by atoms with Crippen molar-refractivity contribution in [2.45, 2.75) is 50.2 Å². The fourth-order valence-electron chi connectivity index (χ4n) is 3.10. The van der Waals surface area contributed by atoms with Gasteiger partial charge in [-0.3, -0.25) is 11.3 Å². The number of rotatable bonds is 5. The fraction of sp³-hybridized carbons (Fsp3) is 0.643. The van der Waals surface area contributed by atoms with Crippen molar-refractivity contribution < 1.29 is 4.74 Å². The third-order valence-electron chi connectivity index (χ3n) is 4.23. The van der Waals surface area contributed by atoms with E-state index in [0.29, 0.717) is 5.82 Å². The summed E-state index contributed by atoms with van der Waals surface area (Å²) in [5, 5.41) is 0. The maximum absolute atomic E-state index is 5.84. The molecule has 1 aromatic heterocycles. The molecule has 19 heavy (non-hydrogen) atoms. The molecular weight excluding hydrogens is 240 g/mol. The van der Waals surface area contributed by atoms with Crippen molar-refractivity contribution in [3.05, 3.63) is 23.9 Å². The van der Waals surface area contributed by atoms with E-state index in [2.05, 4.69) is 10.4 Å². The number of nitrogen functional groups attached to an aromatic ring is 1. The highest BCUT2D eigenvalue weighted by Gasteiger charge is 2.39. The van der Waals surface area contributed by atoms with E-state index in [1.54, 1.807) is 13.3 Å². The molecule has 5 heteroatoms. The molecule has 0 radical (unpaired) electrons. The zero-order valence-corrected chi connectivity index (χ0v) is 11.6. The van der Waals surface area contributed by atoms with Gasteiger partial charge in [-0.1, -0.05) is 19.3 Å². The third kappa shape index (κ3) is 3.23. The molecule has 0 amide bonds. The molecule has 106 valence electrons. The number of hydrogen-bond acceptors (Lipinski definition) is 5. The smallest absolute Gasteiger partial charge is 0.123 e. The summed E-state index contributed by atoms with van der Waals surface area (Å²) in [6.07, 6.45) is 8.33. The number of aromatic nitrogens is 1. The fourth-order valence-corrected chi connectivity index (χ4v) is 3.10. The Bertz CT molecular complexity index is 404. The summed E-state index contributed by atoms with van der Waals surface area (Å²) >= 11 is 0. The van der Waals surface area contributed by atoms with E-state index in [9.17, 15) is 0 Å². The molecule has 5 N–H and O–H groups in total. The second-order valence-electron chi connectivity index (χ2n) is 5.34. The van der Waals surface area contributed by atoms with E-state index in [4.69, 9.17) is 16.3 Å². The molecule has 0 aromatic carbocycles. The Labute approximate surface area is 114 Å². The first kappa shape index (κ1) is 14.2. The molecule has 2 rings (SSSR count). The van der Waals surface area contributed by atoms with Crippen molar-refractivity contribution in [3.63, 3.8) is 0 Å². The number of nitrogens with zero attached hydrogens (tertiary/aromatic N) is 1. The molecule has 1 aliphatic rings. The molecule has 1 atom stereocenters. The number of hydrazine groups is 1. The average molecular weight is 264 g/mol. The topological polar surface area (TPSA) is 86.2 Å². The quantitative estimate of drug-likeness (QED) is 0.552. The van der Waals surface area contributed by atoms with Gasteiger partial charge in [-0.15, -0.1) is 0 Å². The van der Waals surface area contributed by atoms with Crippen molar-refractivity contribution in [3.8, 4) is 0 Å². The van der Waals surface area contributed by atoms with Gasteiger partial charge in [0.15, 0.2) is 0 Å². The van der Waals surface area contributed by atoms with Crippen LogP contribution < -0.4 is 17.0 Å². The Hall–Kier alpha value is -1.17. The number of anilines is 1. The van der Waals surface area contributed by atoms with Gasteiger partial charge in [-0.05, 0) is 37.0 Å². The van der Waals surface area contributed by atoms with Gasteiger partial charge >= 0.3 is 0 Å². The number of nitrogens with two attached hydrogens (primary N) is 2. The highest BCUT2D eigenvalue weighted by molar-refractivity contribution is 5.32. The zero-order valence-electron chi connectivity index (χ0n) is 11.6. The van der Waals surface area contributed by atoms with E-state index in [1.807, 2.05) is 12.1 Å². The van der Waals surface area contributed by atoms with E-state index in [0.717, 1.165) is 24.8 Å². The molecule has 1 saturated carbocycles. The summed E-state index contributed by atoms with van der Waals surface area (Å²) in [5.41, 5.74) is 9.65. The van der Waals surface area contributed by atoms with Gasteiger partial charge in [0.05, 0.1) is 11.6 Å². The molecule has 0 spiro atoms. The van der Waals surface area contributed by atoms with Crippen LogP contribution in [0.15, 0.2) is 18.3 Å². The first-order valence-corrected chi connectivity index (χ1v) is 6.92. The highest BCUT2D eigenvalue weighted by Crippen LogP contribution is 2.35. The van der Waals surface area contributed by atoms with E-state index < -0.39 is 0 Å². The second kappa shape index (κ2) is 6.32. The van der Waals surface area contributed by atoms with Crippen LogP contribution in [0.2, 0.25) is 0 Å². The predicted molar refractivity (Wildman–Crippen MR) is 76.3 cm³/mol. The summed E-state index contributed by atoms with van der Waals surface area (Å²) < 4.78 is 5.84. The maximum Gasteiger partial charge on any atom is 0.123 e. The van der Waals surface area contributed by atoms with Gasteiger partial charge in [-0.25, -0.2) is 4.98 Å². The first-order valence-electron chi connectivity index (χ1n) is 6.92. The van der Waals surface area contributed by atoms with E-state index in [-0.39, 0.29) is 11.6 Å². The van der Waals surface area contributed by atoms with Crippen LogP contribution in [-0.4, -0.2) is 23.7 Å². The lowest BCUT2D eigenvalue weighted by Crippen LogP contribution is -2.56. The van der Waals surface area contributed by atoms with Gasteiger partial charge in [0.2, 0.25) is 0 Å². The maximum atomic E-state index is 5.84. The lowest BCUT2D eigenvalue weighted by Gasteiger charge is -2.42. The lowest BCUT2D eigenvalue weighted by atomic mass is 9.77. The van der Waals surface area contributed by atoms with Crippen molar-refractivity contribution >= 4 is 5.82 Å². The number of ether oxygens (including phenoxy) is 1. The molecule has 1 aliphatic carbocycles. The SMILES string of the molecule is COC1(C(Cc2ccnc(N)c2)NN)CCCCC1. The molecule has 1 aromatic rings. The van der Waals surface area contributed by atoms with E-state index in [1.165, 1.54) is 19.3 Å². The minimum Gasteiger partial charge on any atom is -0.384 e. The number of nitrogens with one attached hydrogen (secondary N) is 1. The van der Waals surface area contributed by atoms with Gasteiger partial charge in [-0.2, -0.15) is 0 Å². The normalized spacial score (nSPS) is 20.1. The van der Waals surface area contributed by atoms with Crippen molar-refractivity contribution in [1.82, 2.24) is 10.4 Å². The molecular formula is C14H24N4O. The van der Waals surface area contributed by atoms with Gasteiger partial charge in [0, 0.05) is 13.3 Å². The average Bonchev–Trinajstić information content (AvgIpc) is 2.45. The van der Waals surface area contributed by atoms with Crippen LogP contribution >= 0.6 is 0 Å². The third-order valence-corrected chi connectivity index (χ3v) is 4.23. The van der Waals surface area contributed by atoms with Crippen molar-refractivity contribution in [1.29, 1.82) is 0 Å². The van der Waals surface area contributed by atoms with Crippen LogP contribution in [0.25, 0.3) is 0 Å². The molecule has 1 fully saturated rings. The predicted octanol–water partition coefficient (Wildman–Crippen LogP) is 1.39. The van der Waals surface area contributed by atoms with Crippen LogP contribution in [0.3, 0.4) is 0 Å². The minimum absolute atomic E-state index is 0.0969. The Balaban J connectivity index is 2.14. The standard InChI is InChI=1S/C14H24N4O/c1-19-14(6-3-2-4-7-14)12(18-16)9-11-5-8-17-13(15)10-11/h5,8,10,12,18H,2-4,6-7,9,16H2,1H3,(H2,15,17). The summed E-state index contributed by atoms with van der Waals surface area (Å²) in [6, 6.07) is 3.98. The van der Waals surface area contributed by atoms with Crippen molar-refractivity contribution in [2.24, 2.45) is 5.84 Å². The molecule has 1 unspecified atom stereocenters. The summed E-state index contributed by atoms with van der Waals surface area (Å²) in [7, 11) is 1.79. The van der Waals surface area contributed by atoms with Crippen LogP contribution in [0, 0.1) is 0 Å². The Morgan fingerprint density at radius 3 is 2.74 bits per heavy atom. The molecule has 0 saturated heterocycles. The summed E-state index contributed by atoms with van der Waals surface area (Å²) in [4.78, 5) is 4.02. The van der Waals surface area contributed by atoms with E-state index >= 15 is 0 Å².